The molecule has 0 aromatic carbocycles. The monoisotopic (exact) mass is 343 g/mol. The zero-order valence-corrected chi connectivity index (χ0v) is 14.9. The lowest BCUT2D eigenvalue weighted by Crippen LogP contribution is -2.39. The minimum Gasteiger partial charge on any atom is -0.342 e. The molecular formula is C18H25N5O2. The Hall–Kier alpha value is -2.44. The van der Waals surface area contributed by atoms with Gasteiger partial charge in [0.15, 0.2) is 0 Å². The van der Waals surface area contributed by atoms with Crippen molar-refractivity contribution in [2.75, 3.05) is 13.1 Å². The van der Waals surface area contributed by atoms with Gasteiger partial charge in [-0.3, -0.25) is 9.48 Å². The molecule has 25 heavy (non-hydrogen) atoms. The Kier molecular flexibility index (Phi) is 5.31. The van der Waals surface area contributed by atoms with Gasteiger partial charge in [0.1, 0.15) is 0 Å². The first-order valence-electron chi connectivity index (χ1n) is 8.87. The molecule has 134 valence electrons. The summed E-state index contributed by atoms with van der Waals surface area (Å²) in [5.41, 5.74) is 2.68. The van der Waals surface area contributed by atoms with E-state index in [0.717, 1.165) is 49.4 Å². The molecule has 2 aromatic rings. The Morgan fingerprint density at radius 2 is 2.24 bits per heavy atom. The van der Waals surface area contributed by atoms with E-state index < -0.39 is 0 Å². The lowest BCUT2D eigenvalue weighted by atomic mass is 9.94. The largest absolute Gasteiger partial charge is 0.345 e. The number of nitrogens with zero attached hydrogens (tertiary/aromatic N) is 4. The third-order valence-corrected chi connectivity index (χ3v) is 4.77. The quantitative estimate of drug-likeness (QED) is 0.897. The molecule has 1 N–H and O–H groups in total. The van der Waals surface area contributed by atoms with Crippen molar-refractivity contribution in [3.8, 4) is 0 Å². The van der Waals surface area contributed by atoms with Gasteiger partial charge in [0, 0.05) is 49.6 Å². The summed E-state index contributed by atoms with van der Waals surface area (Å²) in [4.78, 5) is 32.3. The molecular weight excluding hydrogens is 318 g/mol. The van der Waals surface area contributed by atoms with Crippen LogP contribution in [0.3, 0.4) is 0 Å². The molecule has 0 aliphatic carbocycles. The molecule has 3 rings (SSSR count). The summed E-state index contributed by atoms with van der Waals surface area (Å²) in [5.74, 6) is 0.368. The number of H-pyrrole nitrogens is 1. The van der Waals surface area contributed by atoms with E-state index in [-0.39, 0.29) is 17.5 Å². The standard InChI is InChI=1S/C18H25N5O2/c1-13-11-14(2)23(21-13)10-4-6-17(24)22-9-3-5-15(12-22)16-7-8-19-18(25)20-16/h7-8,11,15H,3-6,9-10,12H2,1-2H3,(H,19,20,25)/t15-/m0/s1. The number of carbonyl (C=O) groups is 1. The maximum atomic E-state index is 12.5. The van der Waals surface area contributed by atoms with E-state index in [1.807, 2.05) is 35.6 Å². The molecule has 0 unspecified atom stereocenters. The highest BCUT2D eigenvalue weighted by Gasteiger charge is 2.25. The Labute approximate surface area is 147 Å². The Bertz CT molecular complexity index is 795. The predicted molar refractivity (Wildman–Crippen MR) is 94.3 cm³/mol. The van der Waals surface area contributed by atoms with E-state index in [1.165, 1.54) is 6.20 Å². The van der Waals surface area contributed by atoms with Crippen LogP contribution in [-0.2, 0) is 11.3 Å². The average Bonchev–Trinajstić information content (AvgIpc) is 2.92. The topological polar surface area (TPSA) is 83.9 Å². The normalized spacial score (nSPS) is 17.7. The fraction of sp³-hybridized carbons (Fsp3) is 0.556. The van der Waals surface area contributed by atoms with Crippen LogP contribution in [0.2, 0.25) is 0 Å². The minimum absolute atomic E-state index is 0.183. The zero-order chi connectivity index (χ0) is 17.8. The fourth-order valence-corrected chi connectivity index (χ4v) is 3.52. The number of aromatic nitrogens is 4. The second-order valence-corrected chi connectivity index (χ2v) is 6.76. The molecule has 1 aliphatic rings. The summed E-state index contributed by atoms with van der Waals surface area (Å²) in [7, 11) is 0. The number of aryl methyl sites for hydroxylation is 3. The number of aromatic amines is 1. The van der Waals surface area contributed by atoms with Crippen LogP contribution in [0.15, 0.2) is 23.1 Å². The molecule has 7 nitrogen and oxygen atoms in total. The average molecular weight is 343 g/mol. The van der Waals surface area contributed by atoms with E-state index in [1.54, 1.807) is 0 Å². The molecule has 0 saturated carbocycles. The number of piperidine rings is 1. The van der Waals surface area contributed by atoms with Crippen LogP contribution in [0, 0.1) is 13.8 Å². The van der Waals surface area contributed by atoms with Gasteiger partial charge >= 0.3 is 5.69 Å². The van der Waals surface area contributed by atoms with Gasteiger partial charge in [-0.25, -0.2) is 9.78 Å². The number of nitrogens with one attached hydrogen (secondary N) is 1. The summed E-state index contributed by atoms with van der Waals surface area (Å²) >= 11 is 0. The van der Waals surface area contributed by atoms with Crippen molar-refractivity contribution in [1.29, 1.82) is 0 Å². The van der Waals surface area contributed by atoms with E-state index in [2.05, 4.69) is 15.1 Å². The molecule has 1 amide bonds. The van der Waals surface area contributed by atoms with Crippen LogP contribution >= 0.6 is 0 Å². The first-order chi connectivity index (χ1) is 12.0. The SMILES string of the molecule is Cc1cc(C)n(CCCC(=O)N2CCC[C@H](c3ccnc(=O)[nH]3)C2)n1. The van der Waals surface area contributed by atoms with Gasteiger partial charge in [0.05, 0.1) is 5.69 Å². The van der Waals surface area contributed by atoms with Crippen molar-refractivity contribution < 1.29 is 4.79 Å². The smallest absolute Gasteiger partial charge is 0.342 e. The van der Waals surface area contributed by atoms with Gasteiger partial charge in [-0.2, -0.15) is 5.10 Å². The highest BCUT2D eigenvalue weighted by molar-refractivity contribution is 5.76. The van der Waals surface area contributed by atoms with Crippen molar-refractivity contribution in [2.24, 2.45) is 0 Å². The number of hydrogen-bond donors (Lipinski definition) is 1. The first-order valence-corrected chi connectivity index (χ1v) is 8.87. The zero-order valence-electron chi connectivity index (χ0n) is 14.9. The number of likely N-dealkylation sites (tertiary alicyclic amines) is 1. The number of carbonyl (C=O) groups excluding carboxylic acids is 1. The third kappa shape index (κ3) is 4.35. The van der Waals surface area contributed by atoms with Gasteiger partial charge in [-0.05, 0) is 45.2 Å². The number of amides is 1. The van der Waals surface area contributed by atoms with E-state index in [9.17, 15) is 9.59 Å². The third-order valence-electron chi connectivity index (χ3n) is 4.77. The molecule has 7 heteroatoms. The predicted octanol–water partition coefficient (Wildman–Crippen LogP) is 1.77. The number of rotatable bonds is 5. The summed E-state index contributed by atoms with van der Waals surface area (Å²) in [6, 6.07) is 3.88. The van der Waals surface area contributed by atoms with Crippen LogP contribution in [0.5, 0.6) is 0 Å². The first kappa shape index (κ1) is 17.4. The van der Waals surface area contributed by atoms with E-state index >= 15 is 0 Å². The second-order valence-electron chi connectivity index (χ2n) is 6.76. The molecule has 1 atom stereocenters. The van der Waals surface area contributed by atoms with Gasteiger partial charge in [0.2, 0.25) is 5.91 Å². The van der Waals surface area contributed by atoms with Crippen LogP contribution in [0.4, 0.5) is 0 Å². The molecule has 0 bridgehead atoms. The summed E-state index contributed by atoms with van der Waals surface area (Å²) in [6.45, 7) is 6.24. The maximum absolute atomic E-state index is 12.5. The van der Waals surface area contributed by atoms with E-state index in [4.69, 9.17) is 0 Å². The minimum atomic E-state index is -0.328. The van der Waals surface area contributed by atoms with Crippen molar-refractivity contribution in [1.82, 2.24) is 24.6 Å². The highest BCUT2D eigenvalue weighted by atomic mass is 16.2. The van der Waals surface area contributed by atoms with Gasteiger partial charge < -0.3 is 9.88 Å². The van der Waals surface area contributed by atoms with Crippen LogP contribution in [-0.4, -0.2) is 43.6 Å². The van der Waals surface area contributed by atoms with Gasteiger partial charge in [-0.15, -0.1) is 0 Å². The Morgan fingerprint density at radius 1 is 1.40 bits per heavy atom. The summed E-state index contributed by atoms with van der Waals surface area (Å²) < 4.78 is 1.96. The lowest BCUT2D eigenvalue weighted by Gasteiger charge is -2.32. The van der Waals surface area contributed by atoms with Crippen molar-refractivity contribution in [2.45, 2.75) is 52.0 Å². The molecule has 3 heterocycles. The maximum Gasteiger partial charge on any atom is 0.345 e. The molecule has 1 fully saturated rings. The van der Waals surface area contributed by atoms with Crippen LogP contribution < -0.4 is 5.69 Å². The molecule has 0 radical (unpaired) electrons. The molecule has 1 aliphatic heterocycles. The van der Waals surface area contributed by atoms with Crippen molar-refractivity contribution in [3.63, 3.8) is 0 Å². The Balaban J connectivity index is 1.53. The summed E-state index contributed by atoms with van der Waals surface area (Å²) in [6.07, 6.45) is 4.78. The number of hydrogen-bond acceptors (Lipinski definition) is 4. The fourth-order valence-electron chi connectivity index (χ4n) is 3.52. The van der Waals surface area contributed by atoms with E-state index in [0.29, 0.717) is 13.0 Å². The van der Waals surface area contributed by atoms with Crippen LogP contribution in [0.1, 0.15) is 48.7 Å². The molecule has 0 spiro atoms. The van der Waals surface area contributed by atoms with Gasteiger partial charge in [-0.1, -0.05) is 0 Å². The second kappa shape index (κ2) is 7.63. The van der Waals surface area contributed by atoms with Crippen molar-refractivity contribution in [3.05, 3.63) is 45.9 Å². The summed E-state index contributed by atoms with van der Waals surface area (Å²) in [5, 5.41) is 4.43. The highest BCUT2D eigenvalue weighted by Crippen LogP contribution is 2.25. The van der Waals surface area contributed by atoms with Gasteiger partial charge in [0.25, 0.3) is 0 Å². The Morgan fingerprint density at radius 3 is 2.96 bits per heavy atom. The molecule has 1 saturated heterocycles. The lowest BCUT2D eigenvalue weighted by molar-refractivity contribution is -0.132. The molecule has 2 aromatic heterocycles. The van der Waals surface area contributed by atoms with Crippen molar-refractivity contribution >= 4 is 5.91 Å². The van der Waals surface area contributed by atoms with Crippen LogP contribution in [0.25, 0.3) is 0 Å².